The lowest BCUT2D eigenvalue weighted by Gasteiger charge is -2.24. The van der Waals surface area contributed by atoms with Crippen LogP contribution in [-0.4, -0.2) is 18.8 Å². The quantitative estimate of drug-likeness (QED) is 0.901. The normalized spacial score (nSPS) is 24.4. The highest BCUT2D eigenvalue weighted by Crippen LogP contribution is 2.32. The molecule has 2 nitrogen and oxygen atoms in total. The zero-order valence-electron chi connectivity index (χ0n) is 10.2. The topological polar surface area (TPSA) is 21.3 Å². The minimum absolute atomic E-state index is 0.204. The van der Waals surface area contributed by atoms with Gasteiger partial charge in [0.25, 0.3) is 0 Å². The second-order valence-corrected chi connectivity index (χ2v) is 4.87. The van der Waals surface area contributed by atoms with E-state index in [9.17, 15) is 13.2 Å². The lowest BCUT2D eigenvalue weighted by molar-refractivity contribution is -0.138. The van der Waals surface area contributed by atoms with Crippen molar-refractivity contribution in [2.45, 2.75) is 31.6 Å². The van der Waals surface area contributed by atoms with Crippen molar-refractivity contribution in [2.24, 2.45) is 0 Å². The summed E-state index contributed by atoms with van der Waals surface area (Å²) in [5.74, 6) is 0. The molecule has 2 rings (SSSR count). The summed E-state index contributed by atoms with van der Waals surface area (Å²) in [5.41, 5.74) is -0.517. The van der Waals surface area contributed by atoms with Gasteiger partial charge in [0.15, 0.2) is 0 Å². The van der Waals surface area contributed by atoms with Gasteiger partial charge in [-0.15, -0.1) is 0 Å². The molecule has 0 amide bonds. The Balaban J connectivity index is 2.10. The first-order valence-corrected chi connectivity index (χ1v) is 5.89. The van der Waals surface area contributed by atoms with Crippen molar-refractivity contribution in [2.75, 3.05) is 13.2 Å². The smallest absolute Gasteiger partial charge is 0.379 e. The van der Waals surface area contributed by atoms with E-state index in [-0.39, 0.29) is 17.6 Å². The number of ether oxygens (including phenoxy) is 1. The summed E-state index contributed by atoms with van der Waals surface area (Å²) in [6.45, 7) is 3.37. The van der Waals surface area contributed by atoms with Crippen LogP contribution in [0, 0.1) is 0 Å². The SMILES string of the molecule is C[C@]1(NCc2ccccc2C(F)(F)F)CCOC1. The molecule has 1 aromatic carbocycles. The Morgan fingerprint density at radius 2 is 2.06 bits per heavy atom. The number of halogens is 3. The molecule has 100 valence electrons. The summed E-state index contributed by atoms with van der Waals surface area (Å²) in [6, 6.07) is 5.66. The van der Waals surface area contributed by atoms with Crippen LogP contribution in [0.3, 0.4) is 0 Å². The molecule has 0 unspecified atom stereocenters. The van der Waals surface area contributed by atoms with Gasteiger partial charge in [-0.3, -0.25) is 0 Å². The molecule has 1 aliphatic rings. The van der Waals surface area contributed by atoms with E-state index in [4.69, 9.17) is 4.74 Å². The molecule has 1 atom stereocenters. The van der Waals surface area contributed by atoms with Crippen LogP contribution in [0.1, 0.15) is 24.5 Å². The van der Waals surface area contributed by atoms with Gasteiger partial charge in [-0.25, -0.2) is 0 Å². The van der Waals surface area contributed by atoms with E-state index in [2.05, 4.69) is 5.32 Å². The second-order valence-electron chi connectivity index (χ2n) is 4.87. The summed E-state index contributed by atoms with van der Waals surface area (Å²) >= 11 is 0. The van der Waals surface area contributed by atoms with Gasteiger partial charge in [0.05, 0.1) is 12.2 Å². The first-order chi connectivity index (χ1) is 8.41. The standard InChI is InChI=1S/C13H16F3NO/c1-12(6-7-18-9-12)17-8-10-4-2-3-5-11(10)13(14,15)16/h2-5,17H,6-9H2,1H3/t12-/m0/s1. The van der Waals surface area contributed by atoms with Crippen molar-refractivity contribution in [3.05, 3.63) is 35.4 Å². The molecule has 5 heteroatoms. The van der Waals surface area contributed by atoms with E-state index in [1.165, 1.54) is 12.1 Å². The van der Waals surface area contributed by atoms with Gasteiger partial charge in [-0.05, 0) is 25.0 Å². The summed E-state index contributed by atoms with van der Waals surface area (Å²) in [4.78, 5) is 0. The Labute approximate surface area is 104 Å². The van der Waals surface area contributed by atoms with E-state index in [1.54, 1.807) is 6.07 Å². The van der Waals surface area contributed by atoms with Gasteiger partial charge in [0.1, 0.15) is 0 Å². The molecule has 1 aromatic rings. The Bertz CT molecular complexity index is 411. The van der Waals surface area contributed by atoms with E-state index in [1.807, 2.05) is 6.92 Å². The highest BCUT2D eigenvalue weighted by atomic mass is 19.4. The van der Waals surface area contributed by atoms with Crippen LogP contribution in [0.25, 0.3) is 0 Å². The highest BCUT2D eigenvalue weighted by molar-refractivity contribution is 5.29. The second kappa shape index (κ2) is 4.90. The number of alkyl halides is 3. The first-order valence-electron chi connectivity index (χ1n) is 5.89. The molecule has 0 saturated carbocycles. The lowest BCUT2D eigenvalue weighted by atomic mass is 10.00. The molecule has 1 N–H and O–H groups in total. The number of rotatable bonds is 3. The van der Waals surface area contributed by atoms with Crippen LogP contribution in [0.15, 0.2) is 24.3 Å². The first kappa shape index (κ1) is 13.4. The van der Waals surface area contributed by atoms with E-state index in [0.717, 1.165) is 12.5 Å². The summed E-state index contributed by atoms with van der Waals surface area (Å²) in [6.07, 6.45) is -3.48. The third kappa shape index (κ3) is 3.03. The Morgan fingerprint density at radius 3 is 2.67 bits per heavy atom. The average molecular weight is 259 g/mol. The Morgan fingerprint density at radius 1 is 1.33 bits per heavy atom. The zero-order valence-corrected chi connectivity index (χ0v) is 10.2. The molecule has 0 bridgehead atoms. The van der Waals surface area contributed by atoms with Gasteiger partial charge in [0, 0.05) is 18.7 Å². The van der Waals surface area contributed by atoms with E-state index >= 15 is 0 Å². The van der Waals surface area contributed by atoms with Gasteiger partial charge < -0.3 is 10.1 Å². The highest BCUT2D eigenvalue weighted by Gasteiger charge is 2.34. The molecule has 1 aliphatic heterocycles. The average Bonchev–Trinajstić information content (AvgIpc) is 2.73. The number of benzene rings is 1. The largest absolute Gasteiger partial charge is 0.416 e. The van der Waals surface area contributed by atoms with Crippen molar-refractivity contribution in [1.82, 2.24) is 5.32 Å². The maximum atomic E-state index is 12.8. The van der Waals surface area contributed by atoms with Crippen LogP contribution in [0.5, 0.6) is 0 Å². The molecule has 1 fully saturated rings. The van der Waals surface area contributed by atoms with Gasteiger partial charge in [-0.1, -0.05) is 18.2 Å². The van der Waals surface area contributed by atoms with Crippen molar-refractivity contribution in [3.8, 4) is 0 Å². The van der Waals surface area contributed by atoms with Crippen molar-refractivity contribution >= 4 is 0 Å². The number of hydrogen-bond acceptors (Lipinski definition) is 2. The van der Waals surface area contributed by atoms with Crippen LogP contribution >= 0.6 is 0 Å². The molecular formula is C13H16F3NO. The lowest BCUT2D eigenvalue weighted by Crippen LogP contribution is -2.42. The van der Waals surface area contributed by atoms with Crippen LogP contribution in [0.4, 0.5) is 13.2 Å². The van der Waals surface area contributed by atoms with E-state index < -0.39 is 11.7 Å². The molecule has 0 aromatic heterocycles. The van der Waals surface area contributed by atoms with Crippen LogP contribution in [0.2, 0.25) is 0 Å². The number of nitrogens with one attached hydrogen (secondary N) is 1. The van der Waals surface area contributed by atoms with Gasteiger partial charge in [0.2, 0.25) is 0 Å². The molecule has 0 aliphatic carbocycles. The fourth-order valence-corrected chi connectivity index (χ4v) is 2.07. The zero-order chi connectivity index (χ0) is 13.2. The minimum atomic E-state index is -4.30. The third-order valence-corrected chi connectivity index (χ3v) is 3.25. The molecule has 1 heterocycles. The third-order valence-electron chi connectivity index (χ3n) is 3.25. The predicted molar refractivity (Wildman–Crippen MR) is 62.1 cm³/mol. The molecular weight excluding hydrogens is 243 g/mol. The Hall–Kier alpha value is -1.07. The summed E-state index contributed by atoms with van der Waals surface area (Å²) < 4.78 is 43.6. The van der Waals surface area contributed by atoms with Crippen molar-refractivity contribution < 1.29 is 17.9 Å². The predicted octanol–water partition coefficient (Wildman–Crippen LogP) is 2.97. The molecule has 18 heavy (non-hydrogen) atoms. The minimum Gasteiger partial charge on any atom is -0.379 e. The maximum Gasteiger partial charge on any atom is 0.416 e. The van der Waals surface area contributed by atoms with Crippen LogP contribution in [-0.2, 0) is 17.5 Å². The maximum absolute atomic E-state index is 12.8. The monoisotopic (exact) mass is 259 g/mol. The van der Waals surface area contributed by atoms with Crippen LogP contribution < -0.4 is 5.32 Å². The van der Waals surface area contributed by atoms with Gasteiger partial charge >= 0.3 is 6.18 Å². The van der Waals surface area contributed by atoms with Gasteiger partial charge in [-0.2, -0.15) is 13.2 Å². The molecule has 0 spiro atoms. The van der Waals surface area contributed by atoms with E-state index in [0.29, 0.717) is 13.2 Å². The fourth-order valence-electron chi connectivity index (χ4n) is 2.07. The Kier molecular flexibility index (Phi) is 3.64. The van der Waals surface area contributed by atoms with Crippen molar-refractivity contribution in [1.29, 1.82) is 0 Å². The summed E-state index contributed by atoms with van der Waals surface area (Å²) in [5, 5.41) is 3.16. The van der Waals surface area contributed by atoms with Crippen molar-refractivity contribution in [3.63, 3.8) is 0 Å². The fraction of sp³-hybridized carbons (Fsp3) is 0.538. The number of hydrogen-bond donors (Lipinski definition) is 1. The molecule has 1 saturated heterocycles. The summed E-state index contributed by atoms with van der Waals surface area (Å²) in [7, 11) is 0. The molecule has 0 radical (unpaired) electrons.